The maximum Gasteiger partial charge on any atom is 0.251 e. The minimum absolute atomic E-state index is 0.0146. The Kier molecular flexibility index (Phi) is 6.43. The molecule has 2 fully saturated rings. The van der Waals surface area contributed by atoms with E-state index in [4.69, 9.17) is 21.1 Å². The molecule has 1 amide bonds. The lowest BCUT2D eigenvalue weighted by Crippen LogP contribution is -2.48. The van der Waals surface area contributed by atoms with Gasteiger partial charge in [0.1, 0.15) is 4.90 Å². The van der Waals surface area contributed by atoms with Crippen molar-refractivity contribution in [1.82, 2.24) is 9.62 Å². The molecule has 0 unspecified atom stereocenters. The number of rotatable bonds is 5. The predicted molar refractivity (Wildman–Crippen MR) is 102 cm³/mol. The first-order valence-electron chi connectivity index (χ1n) is 9.12. The molecule has 1 N–H and O–H groups in total. The van der Waals surface area contributed by atoms with Gasteiger partial charge in [0.25, 0.3) is 5.91 Å². The number of amides is 1. The van der Waals surface area contributed by atoms with Crippen molar-refractivity contribution in [3.8, 4) is 0 Å². The summed E-state index contributed by atoms with van der Waals surface area (Å²) in [5.74, 6) is -0.345. The summed E-state index contributed by atoms with van der Waals surface area (Å²) in [5.41, 5.74) is 0.255. The summed E-state index contributed by atoms with van der Waals surface area (Å²) in [7, 11) is -3.83. The smallest absolute Gasteiger partial charge is 0.251 e. The number of hydrogen-bond donors (Lipinski definition) is 1. The van der Waals surface area contributed by atoms with Gasteiger partial charge in [-0.05, 0) is 44.9 Å². The first kappa shape index (κ1) is 20.5. The van der Waals surface area contributed by atoms with Crippen LogP contribution >= 0.6 is 11.6 Å². The van der Waals surface area contributed by atoms with Gasteiger partial charge in [-0.15, -0.1) is 0 Å². The minimum atomic E-state index is -3.83. The molecule has 2 heterocycles. The molecule has 1 aromatic carbocycles. The lowest BCUT2D eigenvalue weighted by atomic mass is 10.2. The van der Waals surface area contributed by atoms with Crippen LogP contribution < -0.4 is 5.32 Å². The third-order valence-corrected chi connectivity index (χ3v) is 7.02. The molecule has 3 rings (SSSR count). The zero-order chi connectivity index (χ0) is 19.6. The first-order chi connectivity index (χ1) is 12.8. The Balaban J connectivity index is 1.78. The van der Waals surface area contributed by atoms with E-state index < -0.39 is 10.0 Å². The number of halogens is 1. The van der Waals surface area contributed by atoms with Crippen LogP contribution in [0.1, 0.15) is 37.0 Å². The molecule has 3 atom stereocenters. The number of sulfonamides is 1. The summed E-state index contributed by atoms with van der Waals surface area (Å²) in [6, 6.07) is 4.31. The van der Waals surface area contributed by atoms with E-state index in [-0.39, 0.29) is 52.8 Å². The molecule has 2 aliphatic rings. The number of carbonyl (C=O) groups is 1. The summed E-state index contributed by atoms with van der Waals surface area (Å²) in [6.45, 7) is 5.27. The van der Waals surface area contributed by atoms with Crippen LogP contribution in [0.4, 0.5) is 0 Å². The zero-order valence-electron chi connectivity index (χ0n) is 15.5. The highest BCUT2D eigenvalue weighted by Gasteiger charge is 2.34. The molecule has 27 heavy (non-hydrogen) atoms. The Bertz CT molecular complexity index is 785. The molecule has 0 bridgehead atoms. The van der Waals surface area contributed by atoms with Crippen LogP contribution in [-0.2, 0) is 19.5 Å². The van der Waals surface area contributed by atoms with Crippen LogP contribution in [0.3, 0.4) is 0 Å². The molecule has 0 aliphatic carbocycles. The van der Waals surface area contributed by atoms with Crippen LogP contribution in [0.2, 0.25) is 5.02 Å². The van der Waals surface area contributed by atoms with Crippen LogP contribution in [-0.4, -0.2) is 63.2 Å². The Labute approximate surface area is 165 Å². The second kappa shape index (κ2) is 8.45. The fraction of sp³-hybridized carbons (Fsp3) is 0.611. The van der Waals surface area contributed by atoms with E-state index in [0.29, 0.717) is 13.2 Å². The topological polar surface area (TPSA) is 84.9 Å². The van der Waals surface area contributed by atoms with Gasteiger partial charge in [-0.1, -0.05) is 11.6 Å². The predicted octanol–water partition coefficient (Wildman–Crippen LogP) is 2.05. The molecular formula is C18H25ClN2O5S. The highest BCUT2D eigenvalue weighted by atomic mass is 35.5. The molecule has 0 aromatic heterocycles. The van der Waals surface area contributed by atoms with Gasteiger partial charge in [0.05, 0.1) is 23.3 Å². The highest BCUT2D eigenvalue weighted by Crippen LogP contribution is 2.28. The van der Waals surface area contributed by atoms with E-state index >= 15 is 0 Å². The van der Waals surface area contributed by atoms with Gasteiger partial charge in [0.2, 0.25) is 10.0 Å². The zero-order valence-corrected chi connectivity index (χ0v) is 17.1. The Hall–Kier alpha value is -1.19. The van der Waals surface area contributed by atoms with Gasteiger partial charge in [-0.3, -0.25) is 4.79 Å². The standard InChI is InChI=1S/C18H25ClN2O5S/c1-12-10-21(11-13(2)26-12)27(23,24)17-8-14(5-6-16(17)19)18(22)20-9-15-4-3-7-25-15/h5-6,8,12-13,15H,3-4,7,9-11H2,1-2H3,(H,20,22)/t12-,13+,15-/m0/s1. The maximum atomic E-state index is 13.1. The van der Waals surface area contributed by atoms with Crippen molar-refractivity contribution in [3.63, 3.8) is 0 Å². The van der Waals surface area contributed by atoms with Crippen molar-refractivity contribution in [3.05, 3.63) is 28.8 Å². The Morgan fingerprint density at radius 3 is 2.63 bits per heavy atom. The van der Waals surface area contributed by atoms with Crippen molar-refractivity contribution in [2.45, 2.75) is 49.9 Å². The molecular weight excluding hydrogens is 392 g/mol. The van der Waals surface area contributed by atoms with Crippen LogP contribution in [0.25, 0.3) is 0 Å². The van der Waals surface area contributed by atoms with Gasteiger partial charge in [-0.2, -0.15) is 4.31 Å². The van der Waals surface area contributed by atoms with E-state index in [1.807, 2.05) is 13.8 Å². The van der Waals surface area contributed by atoms with Gasteiger partial charge in [0.15, 0.2) is 0 Å². The van der Waals surface area contributed by atoms with E-state index in [2.05, 4.69) is 5.32 Å². The van der Waals surface area contributed by atoms with E-state index in [1.54, 1.807) is 0 Å². The van der Waals surface area contributed by atoms with E-state index in [9.17, 15) is 13.2 Å². The molecule has 7 nitrogen and oxygen atoms in total. The van der Waals surface area contributed by atoms with Crippen LogP contribution in [0.15, 0.2) is 23.1 Å². The minimum Gasteiger partial charge on any atom is -0.376 e. The fourth-order valence-electron chi connectivity index (χ4n) is 3.42. The summed E-state index contributed by atoms with van der Waals surface area (Å²) >= 11 is 6.17. The third-order valence-electron chi connectivity index (χ3n) is 4.71. The van der Waals surface area contributed by atoms with Crippen molar-refractivity contribution in [2.24, 2.45) is 0 Å². The highest BCUT2D eigenvalue weighted by molar-refractivity contribution is 7.89. The van der Waals surface area contributed by atoms with Gasteiger partial charge >= 0.3 is 0 Å². The van der Waals surface area contributed by atoms with E-state index in [0.717, 1.165) is 12.8 Å². The molecule has 0 radical (unpaired) electrons. The number of hydrogen-bond acceptors (Lipinski definition) is 5. The Morgan fingerprint density at radius 2 is 2.00 bits per heavy atom. The molecule has 1 aromatic rings. The van der Waals surface area contributed by atoms with Crippen molar-refractivity contribution in [1.29, 1.82) is 0 Å². The van der Waals surface area contributed by atoms with Crippen molar-refractivity contribution in [2.75, 3.05) is 26.2 Å². The van der Waals surface area contributed by atoms with Gasteiger partial charge < -0.3 is 14.8 Å². The number of benzene rings is 1. The number of carbonyl (C=O) groups excluding carboxylic acids is 1. The number of ether oxygens (including phenoxy) is 2. The molecule has 0 spiro atoms. The monoisotopic (exact) mass is 416 g/mol. The number of nitrogens with zero attached hydrogens (tertiary/aromatic N) is 1. The Morgan fingerprint density at radius 1 is 1.30 bits per heavy atom. The quantitative estimate of drug-likeness (QED) is 0.794. The second-order valence-electron chi connectivity index (χ2n) is 7.07. The molecule has 2 aliphatic heterocycles. The van der Waals surface area contributed by atoms with E-state index in [1.165, 1.54) is 22.5 Å². The fourth-order valence-corrected chi connectivity index (χ4v) is 5.51. The first-order valence-corrected chi connectivity index (χ1v) is 10.9. The molecule has 2 saturated heterocycles. The maximum absolute atomic E-state index is 13.1. The number of morpholine rings is 1. The van der Waals surface area contributed by atoms with Crippen LogP contribution in [0.5, 0.6) is 0 Å². The lowest BCUT2D eigenvalue weighted by molar-refractivity contribution is -0.0440. The molecule has 9 heteroatoms. The average Bonchev–Trinajstić information content (AvgIpc) is 3.12. The molecule has 150 valence electrons. The normalized spacial score (nSPS) is 26.9. The summed E-state index contributed by atoms with van der Waals surface area (Å²) in [6.07, 6.45) is 1.50. The van der Waals surface area contributed by atoms with Gasteiger partial charge in [0, 0.05) is 31.8 Å². The van der Waals surface area contributed by atoms with Crippen LogP contribution in [0, 0.1) is 0 Å². The van der Waals surface area contributed by atoms with Crippen molar-refractivity contribution < 1.29 is 22.7 Å². The average molecular weight is 417 g/mol. The lowest BCUT2D eigenvalue weighted by Gasteiger charge is -2.34. The largest absolute Gasteiger partial charge is 0.376 e. The summed E-state index contributed by atoms with van der Waals surface area (Å²) in [4.78, 5) is 12.4. The number of nitrogens with one attached hydrogen (secondary N) is 1. The second-order valence-corrected chi connectivity index (χ2v) is 9.38. The van der Waals surface area contributed by atoms with Crippen molar-refractivity contribution >= 4 is 27.5 Å². The SMILES string of the molecule is C[C@@H]1CN(S(=O)(=O)c2cc(C(=O)NC[C@@H]3CCCO3)ccc2Cl)C[C@H](C)O1. The summed E-state index contributed by atoms with van der Waals surface area (Å²) in [5, 5.41) is 2.89. The molecule has 0 saturated carbocycles. The van der Waals surface area contributed by atoms with Gasteiger partial charge in [-0.25, -0.2) is 8.42 Å². The summed E-state index contributed by atoms with van der Waals surface area (Å²) < 4.78 is 38.6. The third kappa shape index (κ3) is 4.81.